The van der Waals surface area contributed by atoms with Crippen LogP contribution < -0.4 is 10.6 Å². The molecule has 0 aliphatic carbocycles. The normalized spacial score (nSPS) is 11.7. The second kappa shape index (κ2) is 11.9. The van der Waals surface area contributed by atoms with Gasteiger partial charge >= 0.3 is 0 Å². The average molecular weight is 636 g/mol. The van der Waals surface area contributed by atoms with Crippen molar-refractivity contribution in [1.29, 1.82) is 0 Å². The summed E-state index contributed by atoms with van der Waals surface area (Å²) >= 11 is 1.97. The van der Waals surface area contributed by atoms with Crippen LogP contribution in [0.2, 0.25) is 0 Å². The van der Waals surface area contributed by atoms with Gasteiger partial charge in [-0.25, -0.2) is 0 Å². The first-order valence-electron chi connectivity index (χ1n) is 16.0. The van der Waals surface area contributed by atoms with E-state index in [1.807, 2.05) is 11.4 Å². The number of nitrogens with zero attached hydrogens (tertiary/aromatic N) is 1. The van der Waals surface area contributed by atoms with Gasteiger partial charge in [0.05, 0.1) is 16.7 Å². The van der Waals surface area contributed by atoms with Crippen molar-refractivity contribution >= 4 is 72.5 Å². The smallest absolute Gasteiger partial charge is 0.0619 e. The summed E-state index contributed by atoms with van der Waals surface area (Å²) in [6, 6.07) is 66.5. The van der Waals surface area contributed by atoms with Crippen molar-refractivity contribution in [1.82, 2.24) is 4.57 Å². The van der Waals surface area contributed by atoms with Gasteiger partial charge in [0.25, 0.3) is 0 Å². The highest BCUT2D eigenvalue weighted by Gasteiger charge is 2.21. The van der Waals surface area contributed by atoms with Crippen molar-refractivity contribution in [3.63, 3.8) is 0 Å². The van der Waals surface area contributed by atoms with E-state index in [0.29, 0.717) is 0 Å². The molecule has 0 radical (unpaired) electrons. The topological polar surface area (TPSA) is 4.93 Å². The summed E-state index contributed by atoms with van der Waals surface area (Å²) in [5.74, 6) is 0. The second-order valence-electron chi connectivity index (χ2n) is 11.8. The third-order valence-corrected chi connectivity index (χ3v) is 13.7. The first-order valence-corrected chi connectivity index (χ1v) is 18.7. The van der Waals surface area contributed by atoms with E-state index in [1.165, 1.54) is 75.7 Å². The summed E-state index contributed by atoms with van der Waals surface area (Å²) in [5.41, 5.74) is 6.21. The first-order chi connectivity index (χ1) is 23.3. The SMILES string of the molecule is c1ccc(P(Sc2ccc(-c3c4ccccc4c(-n4c5ccccc5c5ccccc54)c4ccccc34)cc2)c2ccccc2)cc1. The molecule has 9 aromatic rings. The fraction of sp³-hybridized carbons (Fsp3) is 0. The Morgan fingerprint density at radius 2 is 0.766 bits per heavy atom. The Balaban J connectivity index is 1.22. The zero-order valence-electron chi connectivity index (χ0n) is 25.6. The zero-order valence-corrected chi connectivity index (χ0v) is 27.3. The molecule has 0 spiro atoms. The Morgan fingerprint density at radius 3 is 1.26 bits per heavy atom. The molecule has 222 valence electrons. The van der Waals surface area contributed by atoms with Crippen LogP contribution in [-0.2, 0) is 0 Å². The Morgan fingerprint density at radius 1 is 0.362 bits per heavy atom. The predicted molar refractivity (Wildman–Crippen MR) is 206 cm³/mol. The lowest BCUT2D eigenvalue weighted by molar-refractivity contribution is 1.21. The molecular formula is C44H30NPS. The lowest BCUT2D eigenvalue weighted by Gasteiger charge is -2.20. The van der Waals surface area contributed by atoms with Gasteiger partial charge < -0.3 is 4.57 Å². The van der Waals surface area contributed by atoms with Crippen LogP contribution in [0, 0.1) is 0 Å². The van der Waals surface area contributed by atoms with Crippen LogP contribution in [0.1, 0.15) is 0 Å². The van der Waals surface area contributed by atoms with Gasteiger partial charge in [-0.3, -0.25) is 0 Å². The lowest BCUT2D eigenvalue weighted by Crippen LogP contribution is -2.08. The molecule has 0 aliphatic rings. The summed E-state index contributed by atoms with van der Waals surface area (Å²) in [7, 11) is -0.589. The molecule has 1 heterocycles. The van der Waals surface area contributed by atoms with E-state index < -0.39 is 7.12 Å². The van der Waals surface area contributed by atoms with Crippen molar-refractivity contribution in [3.8, 4) is 16.8 Å². The van der Waals surface area contributed by atoms with Crippen LogP contribution >= 0.6 is 18.5 Å². The molecule has 8 aromatic carbocycles. The molecule has 0 amide bonds. The van der Waals surface area contributed by atoms with E-state index in [0.717, 1.165) is 0 Å². The molecule has 1 nitrogen and oxygen atoms in total. The van der Waals surface area contributed by atoms with Crippen LogP contribution in [0.25, 0.3) is 60.2 Å². The van der Waals surface area contributed by atoms with E-state index in [-0.39, 0.29) is 0 Å². The van der Waals surface area contributed by atoms with Crippen molar-refractivity contribution in [2.75, 3.05) is 0 Å². The number of benzene rings is 8. The van der Waals surface area contributed by atoms with Gasteiger partial charge in [-0.1, -0.05) is 169 Å². The van der Waals surface area contributed by atoms with Crippen molar-refractivity contribution in [2.24, 2.45) is 0 Å². The quantitative estimate of drug-likeness (QED) is 0.130. The van der Waals surface area contributed by atoms with Gasteiger partial charge in [-0.05, 0) is 56.8 Å². The Labute approximate surface area is 279 Å². The molecule has 0 saturated carbocycles. The second-order valence-corrected chi connectivity index (χ2v) is 15.7. The number of fused-ring (bicyclic) bond motifs is 5. The number of para-hydroxylation sites is 2. The predicted octanol–water partition coefficient (Wildman–Crippen LogP) is 11.9. The Kier molecular flexibility index (Phi) is 7.12. The minimum absolute atomic E-state index is 0.589. The zero-order chi connectivity index (χ0) is 31.2. The van der Waals surface area contributed by atoms with Crippen molar-refractivity contribution in [3.05, 3.63) is 182 Å². The minimum atomic E-state index is -0.589. The van der Waals surface area contributed by atoms with Crippen molar-refractivity contribution < 1.29 is 0 Å². The minimum Gasteiger partial charge on any atom is -0.308 e. The molecule has 0 saturated heterocycles. The largest absolute Gasteiger partial charge is 0.308 e. The van der Waals surface area contributed by atoms with E-state index in [2.05, 4.69) is 187 Å². The maximum Gasteiger partial charge on any atom is 0.0619 e. The number of hydrogen-bond acceptors (Lipinski definition) is 1. The molecule has 1 aromatic heterocycles. The van der Waals surface area contributed by atoms with Crippen LogP contribution in [0.4, 0.5) is 0 Å². The summed E-state index contributed by atoms with van der Waals surface area (Å²) < 4.78 is 2.48. The molecule has 0 unspecified atom stereocenters. The Hall–Kier alpha value is -5.14. The molecule has 0 N–H and O–H groups in total. The van der Waals surface area contributed by atoms with E-state index in [4.69, 9.17) is 0 Å². The number of aromatic nitrogens is 1. The van der Waals surface area contributed by atoms with Crippen LogP contribution in [-0.4, -0.2) is 4.57 Å². The van der Waals surface area contributed by atoms with E-state index in [1.54, 1.807) is 0 Å². The highest BCUT2D eigenvalue weighted by atomic mass is 32.7. The highest BCUT2D eigenvalue weighted by molar-refractivity contribution is 8.60. The van der Waals surface area contributed by atoms with Gasteiger partial charge in [0.2, 0.25) is 0 Å². The molecule has 9 rings (SSSR count). The van der Waals surface area contributed by atoms with Gasteiger partial charge in [-0.2, -0.15) is 0 Å². The molecule has 0 bridgehead atoms. The highest BCUT2D eigenvalue weighted by Crippen LogP contribution is 2.52. The van der Waals surface area contributed by atoms with E-state index in [9.17, 15) is 0 Å². The van der Waals surface area contributed by atoms with Gasteiger partial charge in [0.15, 0.2) is 0 Å². The molecular weight excluding hydrogens is 606 g/mol. The Bertz CT molecular complexity index is 2390. The third-order valence-electron chi connectivity index (χ3n) is 9.03. The summed E-state index contributed by atoms with van der Waals surface area (Å²) in [4.78, 5) is 1.28. The van der Waals surface area contributed by atoms with Gasteiger partial charge in [0.1, 0.15) is 0 Å². The maximum absolute atomic E-state index is 2.48. The van der Waals surface area contributed by atoms with Crippen molar-refractivity contribution in [2.45, 2.75) is 4.90 Å². The fourth-order valence-electron chi connectivity index (χ4n) is 6.99. The summed E-state index contributed by atoms with van der Waals surface area (Å²) in [5, 5.41) is 10.3. The van der Waals surface area contributed by atoms with Crippen LogP contribution in [0.5, 0.6) is 0 Å². The molecule has 47 heavy (non-hydrogen) atoms. The maximum atomic E-state index is 2.48. The van der Waals surface area contributed by atoms with Gasteiger partial charge in [-0.15, -0.1) is 0 Å². The third kappa shape index (κ3) is 4.84. The average Bonchev–Trinajstić information content (AvgIpc) is 3.48. The first kappa shape index (κ1) is 28.1. The monoisotopic (exact) mass is 635 g/mol. The molecule has 3 heteroatoms. The van der Waals surface area contributed by atoms with Crippen LogP contribution in [0.3, 0.4) is 0 Å². The number of hydrogen-bond donors (Lipinski definition) is 0. The van der Waals surface area contributed by atoms with Crippen LogP contribution in [0.15, 0.2) is 187 Å². The van der Waals surface area contributed by atoms with E-state index >= 15 is 0 Å². The number of rotatable bonds is 6. The molecule has 0 fully saturated rings. The summed E-state index contributed by atoms with van der Waals surface area (Å²) in [6.07, 6.45) is 0. The fourth-order valence-corrected chi connectivity index (χ4v) is 11.2. The lowest BCUT2D eigenvalue weighted by atomic mass is 9.90. The molecule has 0 aliphatic heterocycles. The summed E-state index contributed by atoms with van der Waals surface area (Å²) in [6.45, 7) is 0. The molecule has 0 atom stereocenters. The standard InChI is InChI=1S/C44H30NPS/c1-3-15-32(16-4-1)46(33-17-5-2-6-18-33)47-34-29-27-31(28-30-34)43-37-21-7-9-23-39(37)44(40-24-10-8-22-38(40)43)45-41-25-13-11-19-35(41)36-20-12-14-26-42(36)45/h1-30H. The van der Waals surface area contributed by atoms with Gasteiger partial charge in [0, 0.05) is 33.6 Å².